The van der Waals surface area contributed by atoms with E-state index < -0.39 is 6.04 Å². The van der Waals surface area contributed by atoms with Crippen molar-refractivity contribution in [3.63, 3.8) is 0 Å². The number of hydrogen-bond acceptors (Lipinski definition) is 1. The monoisotopic (exact) mass is 577 g/mol. The summed E-state index contributed by atoms with van der Waals surface area (Å²) in [7, 11) is 0. The van der Waals surface area contributed by atoms with E-state index in [9.17, 15) is 0 Å². The summed E-state index contributed by atoms with van der Waals surface area (Å²) in [6.07, 6.45) is 0. The van der Waals surface area contributed by atoms with Crippen molar-refractivity contribution in [1.82, 2.24) is 0 Å². The molecule has 0 bridgehead atoms. The predicted molar refractivity (Wildman–Crippen MR) is 190 cm³/mol. The first-order valence-corrected chi connectivity index (χ1v) is 15.0. The fourth-order valence-corrected chi connectivity index (χ4v) is 6.75. The first-order chi connectivity index (χ1) is 24.4. The van der Waals surface area contributed by atoms with Gasteiger partial charge in [0.2, 0.25) is 0 Å². The molecule has 45 heavy (non-hydrogen) atoms. The maximum absolute atomic E-state index is 8.47. The van der Waals surface area contributed by atoms with Crippen LogP contribution in [0.5, 0.6) is 0 Å². The minimum atomic E-state index is -0.393. The largest absolute Gasteiger partial charge is 0.455 e. The molecule has 8 aromatic carbocycles. The molecular formula is C44H28O. The van der Waals surface area contributed by atoms with Crippen LogP contribution in [0.4, 0.5) is 0 Å². The predicted octanol–water partition coefficient (Wildman–Crippen LogP) is 12.6. The molecule has 0 spiro atoms. The number of benzene rings is 8. The zero-order valence-corrected chi connectivity index (χ0v) is 24.2. The lowest BCUT2D eigenvalue weighted by atomic mass is 9.85. The second-order valence-electron chi connectivity index (χ2n) is 11.3. The summed E-state index contributed by atoms with van der Waals surface area (Å²) in [6, 6.07) is 46.2. The van der Waals surface area contributed by atoms with Gasteiger partial charge in [-0.1, -0.05) is 158 Å². The lowest BCUT2D eigenvalue weighted by Gasteiger charge is -2.18. The van der Waals surface area contributed by atoms with Gasteiger partial charge < -0.3 is 4.42 Å². The van der Waals surface area contributed by atoms with Crippen LogP contribution in [0.3, 0.4) is 0 Å². The number of rotatable bonds is 4. The Kier molecular flexibility index (Phi) is 4.81. The van der Waals surface area contributed by atoms with Gasteiger partial charge in [0, 0.05) is 16.3 Å². The highest BCUT2D eigenvalue weighted by Gasteiger charge is 2.18. The van der Waals surface area contributed by atoms with Gasteiger partial charge >= 0.3 is 0 Å². The third-order valence-electron chi connectivity index (χ3n) is 8.76. The zero-order chi connectivity index (χ0) is 34.1. The molecule has 0 aliphatic carbocycles. The van der Waals surface area contributed by atoms with Gasteiger partial charge in [-0.05, 0) is 72.6 Å². The van der Waals surface area contributed by atoms with Crippen molar-refractivity contribution >= 4 is 43.5 Å². The third kappa shape index (κ3) is 4.17. The van der Waals surface area contributed by atoms with E-state index in [0.29, 0.717) is 5.56 Å². The molecule has 0 aliphatic heterocycles. The Morgan fingerprint density at radius 2 is 0.933 bits per heavy atom. The van der Waals surface area contributed by atoms with Crippen LogP contribution >= 0.6 is 0 Å². The summed E-state index contributed by atoms with van der Waals surface area (Å²) in [5, 5.41) is 6.57. The van der Waals surface area contributed by atoms with Crippen LogP contribution in [0.25, 0.3) is 88.0 Å². The summed E-state index contributed by atoms with van der Waals surface area (Å²) in [4.78, 5) is 0. The van der Waals surface area contributed by atoms with Crippen LogP contribution < -0.4 is 0 Å². The van der Waals surface area contributed by atoms with Gasteiger partial charge in [-0.15, -0.1) is 0 Å². The van der Waals surface area contributed by atoms with E-state index in [1.165, 1.54) is 0 Å². The average Bonchev–Trinajstić information content (AvgIpc) is 3.54. The molecular weight excluding hydrogens is 544 g/mol. The summed E-state index contributed by atoms with van der Waals surface area (Å²) in [5.74, 6) is 0. The first kappa shape index (κ1) is 20.9. The van der Waals surface area contributed by atoms with Gasteiger partial charge in [-0.25, -0.2) is 0 Å². The van der Waals surface area contributed by atoms with Crippen LogP contribution in [0.1, 0.15) is 6.85 Å². The van der Waals surface area contributed by atoms with Gasteiger partial charge in [-0.3, -0.25) is 0 Å². The van der Waals surface area contributed by atoms with Gasteiger partial charge in [0.05, 0.1) is 6.85 Å². The molecule has 1 heterocycles. The number of fused-ring (bicyclic) bond motifs is 5. The van der Waals surface area contributed by atoms with Crippen LogP contribution in [0.2, 0.25) is 0 Å². The molecule has 0 fully saturated rings. The number of hydrogen-bond donors (Lipinski definition) is 0. The molecule has 0 saturated heterocycles. The summed E-state index contributed by atoms with van der Waals surface area (Å²) in [5.41, 5.74) is 8.98. The SMILES string of the molecule is [2H]c1c([2H])c([2H])c(-c2ccc(-c3c4ccccc4c(-c4ccc5oc6c(-c7ccccc7)cccc6c5c4)c4ccccc34)cc2)c([2H])c1[2H]. The van der Waals surface area contributed by atoms with Crippen LogP contribution in [-0.2, 0) is 0 Å². The summed E-state index contributed by atoms with van der Waals surface area (Å²) >= 11 is 0. The lowest BCUT2D eigenvalue weighted by Crippen LogP contribution is -1.91. The summed E-state index contributed by atoms with van der Waals surface area (Å²) in [6.45, 7) is 0. The van der Waals surface area contributed by atoms with Gasteiger partial charge in [-0.2, -0.15) is 0 Å². The maximum Gasteiger partial charge on any atom is 0.143 e. The average molecular weight is 578 g/mol. The normalized spacial score (nSPS) is 13.1. The van der Waals surface area contributed by atoms with E-state index in [0.717, 1.165) is 76.9 Å². The molecule has 1 nitrogen and oxygen atoms in total. The van der Waals surface area contributed by atoms with Crippen molar-refractivity contribution in [2.75, 3.05) is 0 Å². The van der Waals surface area contributed by atoms with Crippen molar-refractivity contribution < 1.29 is 11.3 Å². The Bertz CT molecular complexity index is 2720. The van der Waals surface area contributed by atoms with Gasteiger partial charge in [0.15, 0.2) is 0 Å². The molecule has 0 radical (unpaired) electrons. The molecule has 0 aliphatic rings. The molecule has 1 heteroatoms. The van der Waals surface area contributed by atoms with Crippen LogP contribution in [-0.4, -0.2) is 0 Å². The molecule has 0 amide bonds. The third-order valence-corrected chi connectivity index (χ3v) is 8.76. The number of furan rings is 1. The fourth-order valence-electron chi connectivity index (χ4n) is 6.75. The lowest BCUT2D eigenvalue weighted by molar-refractivity contribution is 0.670. The van der Waals surface area contributed by atoms with Crippen molar-refractivity contribution in [1.29, 1.82) is 0 Å². The minimum Gasteiger partial charge on any atom is -0.455 e. The molecule has 210 valence electrons. The van der Waals surface area contributed by atoms with Crippen molar-refractivity contribution in [2.24, 2.45) is 0 Å². The molecule has 9 aromatic rings. The Balaban J connectivity index is 1.24. The molecule has 0 saturated carbocycles. The smallest absolute Gasteiger partial charge is 0.143 e. The standard InChI is InChI=1S/C44H28O/c1-3-12-29(13-4-1)30-22-24-32(25-23-30)42-35-16-7-9-18-37(35)43(38-19-10-8-17-36(38)42)33-26-27-41-40(28-33)39-21-11-20-34(44(39)45-41)31-14-5-2-6-15-31/h1-28H/i1D,3D,4D,12D,13D. The van der Waals surface area contributed by atoms with E-state index in [2.05, 4.69) is 97.1 Å². The molecule has 0 atom stereocenters. The van der Waals surface area contributed by atoms with E-state index in [4.69, 9.17) is 11.3 Å². The zero-order valence-electron chi connectivity index (χ0n) is 29.2. The molecule has 0 N–H and O–H groups in total. The van der Waals surface area contributed by atoms with Gasteiger partial charge in [0.1, 0.15) is 11.2 Å². The first-order valence-electron chi connectivity index (χ1n) is 17.5. The number of para-hydroxylation sites is 1. The van der Waals surface area contributed by atoms with Crippen molar-refractivity contribution in [2.45, 2.75) is 0 Å². The Labute approximate surface area is 268 Å². The fraction of sp³-hybridized carbons (Fsp3) is 0. The summed E-state index contributed by atoms with van der Waals surface area (Å²) < 4.78 is 47.7. The quantitative estimate of drug-likeness (QED) is 0.190. The Morgan fingerprint density at radius 1 is 0.378 bits per heavy atom. The van der Waals surface area contributed by atoms with E-state index in [-0.39, 0.29) is 29.7 Å². The van der Waals surface area contributed by atoms with Crippen molar-refractivity contribution in [3.05, 3.63) is 170 Å². The topological polar surface area (TPSA) is 13.1 Å². The van der Waals surface area contributed by atoms with E-state index in [1.54, 1.807) is 0 Å². The van der Waals surface area contributed by atoms with E-state index >= 15 is 0 Å². The second-order valence-corrected chi connectivity index (χ2v) is 11.3. The van der Waals surface area contributed by atoms with Crippen LogP contribution in [0.15, 0.2) is 174 Å². The molecule has 1 aromatic heterocycles. The highest BCUT2D eigenvalue weighted by atomic mass is 16.3. The Morgan fingerprint density at radius 3 is 1.60 bits per heavy atom. The molecule has 0 unspecified atom stereocenters. The van der Waals surface area contributed by atoms with Crippen LogP contribution in [0, 0.1) is 0 Å². The van der Waals surface area contributed by atoms with Gasteiger partial charge in [0.25, 0.3) is 0 Å². The second kappa shape index (κ2) is 10.4. The highest BCUT2D eigenvalue weighted by molar-refractivity contribution is 6.22. The minimum absolute atomic E-state index is 0.200. The molecule has 9 rings (SSSR count). The highest BCUT2D eigenvalue weighted by Crippen LogP contribution is 2.45. The maximum atomic E-state index is 8.47. The van der Waals surface area contributed by atoms with Crippen molar-refractivity contribution in [3.8, 4) is 44.5 Å². The van der Waals surface area contributed by atoms with E-state index in [1.807, 2.05) is 42.5 Å². The Hall–Kier alpha value is -5.92.